The fourth-order valence-corrected chi connectivity index (χ4v) is 8.08. The summed E-state index contributed by atoms with van der Waals surface area (Å²) in [6, 6.07) is 2.33. The minimum atomic E-state index is -4.86. The second-order valence-corrected chi connectivity index (χ2v) is 13.0. The van der Waals surface area contributed by atoms with E-state index in [-0.39, 0.29) is 46.0 Å². The summed E-state index contributed by atoms with van der Waals surface area (Å²) >= 11 is 6.56. The van der Waals surface area contributed by atoms with E-state index in [9.17, 15) is 17.6 Å². The van der Waals surface area contributed by atoms with Gasteiger partial charge in [-0.15, -0.1) is 0 Å². The number of benzene rings is 1. The van der Waals surface area contributed by atoms with Gasteiger partial charge in [-0.2, -0.15) is 23.1 Å². The lowest BCUT2D eigenvalue weighted by Gasteiger charge is -2.33. The van der Waals surface area contributed by atoms with Crippen molar-refractivity contribution in [2.24, 2.45) is 5.73 Å². The molecule has 4 atom stereocenters. The fourth-order valence-electron chi connectivity index (χ4n) is 7.80. The lowest BCUT2D eigenvalue weighted by Crippen LogP contribution is -2.45. The largest absolute Gasteiger partial charge is 0.461 e. The van der Waals surface area contributed by atoms with Gasteiger partial charge in [0.05, 0.1) is 27.4 Å². The maximum atomic E-state index is 16.6. The molecule has 4 N–H and O–H groups in total. The number of ether oxygens (including phenoxy) is 1. The van der Waals surface area contributed by atoms with Crippen LogP contribution in [0.2, 0.25) is 5.02 Å². The molecule has 1 saturated carbocycles. The van der Waals surface area contributed by atoms with E-state index >= 15 is 4.39 Å². The summed E-state index contributed by atoms with van der Waals surface area (Å²) in [6.45, 7) is 2.86. The van der Waals surface area contributed by atoms with Gasteiger partial charge in [0.1, 0.15) is 29.9 Å². The first kappa shape index (κ1) is 28.7. The number of nitrogen functional groups attached to an aromatic ring is 1. The zero-order chi connectivity index (χ0) is 30.5. The lowest BCUT2D eigenvalue weighted by molar-refractivity contribution is -0.137. The number of nitrogens with two attached hydrogens (primary N) is 2. The predicted octanol–water partition coefficient (Wildman–Crippen LogP) is 5.42. The number of piperidine rings is 1. The molecule has 230 valence electrons. The Bertz CT molecular complexity index is 1640. The minimum absolute atomic E-state index is 0.0404. The van der Waals surface area contributed by atoms with E-state index in [0.717, 1.165) is 44.7 Å². The third-order valence-corrected chi connectivity index (χ3v) is 9.94. The van der Waals surface area contributed by atoms with Crippen molar-refractivity contribution in [2.45, 2.75) is 74.9 Å². The van der Waals surface area contributed by atoms with Gasteiger partial charge in [-0.25, -0.2) is 13.8 Å². The predicted molar refractivity (Wildman–Crippen MR) is 152 cm³/mol. The zero-order valence-electron chi connectivity index (χ0n) is 23.4. The summed E-state index contributed by atoms with van der Waals surface area (Å²) in [5.74, 6) is -0.975. The molecule has 14 heteroatoms. The topological polar surface area (TPSA) is 106 Å². The molecule has 4 aliphatic rings. The number of alkyl halides is 4. The van der Waals surface area contributed by atoms with Gasteiger partial charge in [0, 0.05) is 36.5 Å². The van der Waals surface area contributed by atoms with Gasteiger partial charge in [0.15, 0.2) is 5.82 Å². The van der Waals surface area contributed by atoms with Gasteiger partial charge in [-0.3, -0.25) is 4.90 Å². The molecule has 2 aromatic heterocycles. The van der Waals surface area contributed by atoms with Gasteiger partial charge in [0.2, 0.25) is 0 Å². The van der Waals surface area contributed by atoms with E-state index < -0.39 is 46.1 Å². The molecule has 0 spiro atoms. The Morgan fingerprint density at radius 2 is 1.95 bits per heavy atom. The first-order valence-corrected chi connectivity index (χ1v) is 14.8. The van der Waals surface area contributed by atoms with E-state index in [4.69, 9.17) is 27.8 Å². The summed E-state index contributed by atoms with van der Waals surface area (Å²) in [5, 5.41) is -0.0759. The molecule has 3 aromatic rings. The van der Waals surface area contributed by atoms with Crippen molar-refractivity contribution in [1.82, 2.24) is 19.9 Å². The number of nitrogens with zero attached hydrogens (tertiary/aromatic N) is 5. The van der Waals surface area contributed by atoms with Gasteiger partial charge in [-0.05, 0) is 63.3 Å². The standard InChI is InChI=1S/C29H31ClF5N7O/c1-14-7-19(36)38-24(21(14)29(33,34)35)20-18(30)8-17-23(22(20)32)39-26(40-25(17)42-12-27(37)5-3-16(42)10-27)43-13-28-4-2-6-41(28)11-15(31)9-28/h7-8,15-16H,2-6,9-13,37H2,1H3,(H2,36,38)/t15?,16?,27-,28+/m0/s1. The monoisotopic (exact) mass is 623 g/mol. The van der Waals surface area contributed by atoms with E-state index in [1.54, 1.807) is 0 Å². The Balaban J connectivity index is 1.39. The third-order valence-electron chi connectivity index (χ3n) is 9.65. The SMILES string of the molecule is Cc1cc(N)nc(-c2c(Cl)cc3c(N4C[C@]5(N)CCC4C5)nc(OC[C@]45CCCN4CC(F)C5)nc3c2F)c1C(F)(F)F. The highest BCUT2D eigenvalue weighted by atomic mass is 35.5. The van der Waals surface area contributed by atoms with Crippen LogP contribution in [0.5, 0.6) is 6.01 Å². The van der Waals surface area contributed by atoms with Crippen molar-refractivity contribution in [3.8, 4) is 17.3 Å². The molecule has 3 saturated heterocycles. The average Bonchev–Trinajstić information content (AvgIpc) is 3.64. The number of hydrogen-bond acceptors (Lipinski definition) is 8. The molecule has 4 fully saturated rings. The van der Waals surface area contributed by atoms with Crippen molar-refractivity contribution in [2.75, 3.05) is 36.9 Å². The Labute approximate surface area is 249 Å². The van der Waals surface area contributed by atoms with Crippen molar-refractivity contribution in [3.63, 3.8) is 0 Å². The van der Waals surface area contributed by atoms with Crippen LogP contribution in [0.3, 0.4) is 0 Å². The molecular weight excluding hydrogens is 593 g/mol. The third kappa shape index (κ3) is 4.65. The number of anilines is 2. The molecule has 0 radical (unpaired) electrons. The Morgan fingerprint density at radius 3 is 2.65 bits per heavy atom. The number of halogens is 6. The second-order valence-electron chi connectivity index (χ2n) is 12.6. The van der Waals surface area contributed by atoms with Gasteiger partial charge >= 0.3 is 12.2 Å². The summed E-state index contributed by atoms with van der Waals surface area (Å²) in [6.07, 6.45) is -1.51. The highest BCUT2D eigenvalue weighted by molar-refractivity contribution is 6.34. The van der Waals surface area contributed by atoms with E-state index in [1.807, 2.05) is 4.90 Å². The van der Waals surface area contributed by atoms with Crippen molar-refractivity contribution in [3.05, 3.63) is 34.1 Å². The Hall–Kier alpha value is -3.03. The summed E-state index contributed by atoms with van der Waals surface area (Å²) in [7, 11) is 0. The molecule has 1 aliphatic carbocycles. The van der Waals surface area contributed by atoms with E-state index in [0.29, 0.717) is 25.3 Å². The Morgan fingerprint density at radius 1 is 1.16 bits per heavy atom. The highest BCUT2D eigenvalue weighted by Gasteiger charge is 2.50. The van der Waals surface area contributed by atoms with E-state index in [1.165, 1.54) is 13.0 Å². The van der Waals surface area contributed by atoms with Crippen LogP contribution in [0, 0.1) is 12.7 Å². The molecule has 43 heavy (non-hydrogen) atoms. The quantitative estimate of drug-likeness (QED) is 0.363. The van der Waals surface area contributed by atoms with Crippen molar-refractivity contribution in [1.29, 1.82) is 0 Å². The number of aromatic nitrogens is 3. The normalized spacial score (nSPS) is 28.8. The van der Waals surface area contributed by atoms with Crippen molar-refractivity contribution >= 4 is 34.1 Å². The number of aryl methyl sites for hydroxylation is 1. The molecule has 7 rings (SSSR count). The van der Waals surface area contributed by atoms with Crippen LogP contribution in [0.1, 0.15) is 49.7 Å². The maximum Gasteiger partial charge on any atom is 0.418 e. The zero-order valence-corrected chi connectivity index (χ0v) is 24.2. The molecule has 1 aromatic carbocycles. The first-order chi connectivity index (χ1) is 20.3. The number of fused-ring (bicyclic) bond motifs is 4. The summed E-state index contributed by atoms with van der Waals surface area (Å²) in [4.78, 5) is 17.0. The van der Waals surface area contributed by atoms with Crippen LogP contribution in [-0.4, -0.2) is 69.4 Å². The van der Waals surface area contributed by atoms with Crippen LogP contribution < -0.4 is 21.1 Å². The fraction of sp³-hybridized carbons (Fsp3) is 0.552. The maximum absolute atomic E-state index is 16.6. The molecule has 0 amide bonds. The molecule has 2 unspecified atom stereocenters. The van der Waals surface area contributed by atoms with Crippen LogP contribution in [0.4, 0.5) is 33.6 Å². The summed E-state index contributed by atoms with van der Waals surface area (Å²) in [5.41, 5.74) is 8.53. The van der Waals surface area contributed by atoms with Gasteiger partial charge in [0.25, 0.3) is 0 Å². The molecule has 8 nitrogen and oxygen atoms in total. The molecule has 3 aliphatic heterocycles. The van der Waals surface area contributed by atoms with Crippen molar-refractivity contribution < 1.29 is 26.7 Å². The van der Waals surface area contributed by atoms with Crippen LogP contribution in [-0.2, 0) is 6.18 Å². The lowest BCUT2D eigenvalue weighted by atomic mass is 9.95. The number of pyridine rings is 1. The van der Waals surface area contributed by atoms with Gasteiger partial charge < -0.3 is 21.1 Å². The minimum Gasteiger partial charge on any atom is -0.461 e. The van der Waals surface area contributed by atoms with E-state index in [2.05, 4.69) is 19.9 Å². The molecule has 2 bridgehead atoms. The first-order valence-electron chi connectivity index (χ1n) is 14.4. The summed E-state index contributed by atoms with van der Waals surface area (Å²) < 4.78 is 79.7. The average molecular weight is 624 g/mol. The molecule has 5 heterocycles. The highest BCUT2D eigenvalue weighted by Crippen LogP contribution is 2.47. The van der Waals surface area contributed by atoms with Crippen LogP contribution >= 0.6 is 11.6 Å². The second kappa shape index (κ2) is 9.73. The molecular formula is C29H31ClF5N7O. The van der Waals surface area contributed by atoms with Crippen LogP contribution in [0.25, 0.3) is 22.2 Å². The van der Waals surface area contributed by atoms with Crippen LogP contribution in [0.15, 0.2) is 12.1 Å². The smallest absolute Gasteiger partial charge is 0.418 e. The Kier molecular flexibility index (Phi) is 6.50. The number of hydrogen-bond donors (Lipinski definition) is 2. The van der Waals surface area contributed by atoms with Gasteiger partial charge in [-0.1, -0.05) is 11.6 Å². The number of rotatable bonds is 5.